The first-order valence-electron chi connectivity index (χ1n) is 3.58. The van der Waals surface area contributed by atoms with Gasteiger partial charge in [-0.15, -0.1) is 0 Å². The van der Waals surface area contributed by atoms with E-state index in [2.05, 4.69) is 0 Å². The first-order valence-corrected chi connectivity index (χ1v) is 3.58. The number of benzene rings is 1. The highest BCUT2D eigenvalue weighted by Crippen LogP contribution is 2.07. The normalized spacial score (nSPS) is 8.00. The lowest BCUT2D eigenvalue weighted by molar-refractivity contribution is 0.0651. The van der Waals surface area contributed by atoms with Gasteiger partial charge in [0, 0.05) is 0 Å². The predicted molar refractivity (Wildman–Crippen MR) is 50.4 cm³/mol. The second-order valence-corrected chi connectivity index (χ2v) is 2.25. The summed E-state index contributed by atoms with van der Waals surface area (Å²) in [5.74, 6) is -2.46. The maximum Gasteiger partial charge on any atom is 0.336 e. The molecule has 0 amide bonds. The number of carboxylic acids is 2. The highest BCUT2D eigenvalue weighted by Gasteiger charge is 2.13. The van der Waals surface area contributed by atoms with E-state index in [-0.39, 0.29) is 11.1 Å². The van der Waals surface area contributed by atoms with Crippen LogP contribution < -0.4 is 0 Å². The van der Waals surface area contributed by atoms with Gasteiger partial charge in [0.15, 0.2) is 0 Å². The topological polar surface area (TPSA) is 133 Å². The molecule has 0 unspecified atom stereocenters. The van der Waals surface area contributed by atoms with Crippen molar-refractivity contribution in [2.75, 3.05) is 0 Å². The summed E-state index contributed by atoms with van der Waals surface area (Å²) in [6.45, 7) is 0. The molecule has 1 aromatic carbocycles. The molecule has 2 N–H and O–H groups in total. The molecule has 0 aliphatic carbocycles. The molecule has 0 aromatic heterocycles. The molecule has 0 spiro atoms. The van der Waals surface area contributed by atoms with Crippen LogP contribution in [-0.2, 0) is 0 Å². The number of carbonyl (C=O) groups is 2. The van der Waals surface area contributed by atoms with Crippen LogP contribution in [0.5, 0.6) is 0 Å². The summed E-state index contributed by atoms with van der Waals surface area (Å²) in [5, 5.41) is 17.1. The number of rotatable bonds is 2. The molecule has 1 rings (SSSR count). The molecule has 7 heteroatoms. The molecule has 1 aromatic rings. The molecule has 7 nitrogen and oxygen atoms in total. The third-order valence-electron chi connectivity index (χ3n) is 1.39. The molecular weight excluding hydrogens is 202 g/mol. The van der Waals surface area contributed by atoms with Gasteiger partial charge in [-0.05, 0) is 12.1 Å². The Hall–Kier alpha value is -2.53. The van der Waals surface area contributed by atoms with Gasteiger partial charge in [0.2, 0.25) is 0 Å². The lowest BCUT2D eigenvalue weighted by atomic mass is 10.1. The van der Waals surface area contributed by atoms with Gasteiger partial charge in [0.1, 0.15) is 0 Å². The average Bonchev–Trinajstić information content (AvgIpc) is 2.19. The van der Waals surface area contributed by atoms with Crippen molar-refractivity contribution in [2.45, 2.75) is 0 Å². The average molecular weight is 208 g/mol. The van der Waals surface area contributed by atoms with Gasteiger partial charge in [-0.1, -0.05) is 12.1 Å². The third kappa shape index (κ3) is 3.79. The minimum atomic E-state index is -1.23. The highest BCUT2D eigenvalue weighted by atomic mass is 16.4. The molecule has 0 heterocycles. The minimum absolute atomic E-state index is 0.190. The molecule has 15 heavy (non-hydrogen) atoms. The molecule has 0 saturated heterocycles. The van der Waals surface area contributed by atoms with Crippen LogP contribution in [0.4, 0.5) is 0 Å². The van der Waals surface area contributed by atoms with E-state index in [1.807, 2.05) is 0 Å². The largest absolute Gasteiger partial charge is 0.478 e. The fraction of sp³-hybridized carbons (Fsp3) is 0. The Labute approximate surface area is 84.0 Å². The zero-order valence-corrected chi connectivity index (χ0v) is 7.36. The summed E-state index contributed by atoms with van der Waals surface area (Å²) in [4.78, 5) is 22.4. The smallest absolute Gasteiger partial charge is 0.336 e. The number of aromatic carboxylic acids is 2. The quantitative estimate of drug-likeness (QED) is 0.436. The van der Waals surface area contributed by atoms with E-state index >= 15 is 0 Å². The standard InChI is InChI=1S/C8H6O4.N3/c9-7(10)5-3-1-2-4-6(5)8(11)12;1-3-2/h1-4H,(H,9,10)(H,11,12);/q;-1. The van der Waals surface area contributed by atoms with Crippen LogP contribution in [0, 0.1) is 0 Å². The van der Waals surface area contributed by atoms with Crippen LogP contribution in [0.3, 0.4) is 0 Å². The van der Waals surface area contributed by atoms with E-state index < -0.39 is 11.9 Å². The molecule has 0 fully saturated rings. The summed E-state index contributed by atoms with van der Waals surface area (Å²) in [6, 6.07) is 5.48. The number of nitrogens with zero attached hydrogens (tertiary/aromatic N) is 3. The Kier molecular flexibility index (Phi) is 4.99. The zero-order valence-electron chi connectivity index (χ0n) is 7.36. The van der Waals surface area contributed by atoms with E-state index in [1.54, 1.807) is 0 Å². The highest BCUT2D eigenvalue weighted by molar-refractivity contribution is 6.01. The van der Waals surface area contributed by atoms with E-state index in [9.17, 15) is 9.59 Å². The van der Waals surface area contributed by atoms with Crippen LogP contribution >= 0.6 is 0 Å². The summed E-state index contributed by atoms with van der Waals surface area (Å²) in [7, 11) is 0. The van der Waals surface area contributed by atoms with Crippen molar-refractivity contribution in [3.8, 4) is 0 Å². The molecule has 0 bridgehead atoms. The molecular formula is C8H6N3O4-. The molecule has 0 atom stereocenters. The van der Waals surface area contributed by atoms with Crippen molar-refractivity contribution in [1.82, 2.24) is 0 Å². The second-order valence-electron chi connectivity index (χ2n) is 2.25. The Morgan fingerprint density at radius 1 is 1.00 bits per heavy atom. The van der Waals surface area contributed by atoms with Gasteiger partial charge in [-0.2, -0.15) is 0 Å². The second kappa shape index (κ2) is 6.01. The van der Waals surface area contributed by atoms with Gasteiger partial charge in [-0.3, -0.25) is 4.91 Å². The van der Waals surface area contributed by atoms with Crippen molar-refractivity contribution >= 4 is 11.9 Å². The lowest BCUT2D eigenvalue weighted by Gasteiger charge is -1.98. The third-order valence-corrected chi connectivity index (χ3v) is 1.39. The maximum absolute atomic E-state index is 10.5. The Bertz CT molecular complexity index is 377. The van der Waals surface area contributed by atoms with E-state index in [0.29, 0.717) is 0 Å². The molecule has 0 aliphatic rings. The van der Waals surface area contributed by atoms with Crippen molar-refractivity contribution in [2.24, 2.45) is 0 Å². The predicted octanol–water partition coefficient (Wildman–Crippen LogP) is 1.95. The zero-order chi connectivity index (χ0) is 11.8. The molecule has 0 radical (unpaired) electrons. The maximum atomic E-state index is 10.5. The summed E-state index contributed by atoms with van der Waals surface area (Å²) in [5.41, 5.74) is 13.1. The number of carboxylic acid groups (broad SMARTS) is 2. The van der Waals surface area contributed by atoms with Crippen molar-refractivity contribution in [1.29, 1.82) is 0 Å². The van der Waals surface area contributed by atoms with Crippen LogP contribution in [0.25, 0.3) is 16.0 Å². The summed E-state index contributed by atoms with van der Waals surface area (Å²) < 4.78 is 0. The SMILES string of the molecule is O=C(O)c1ccccc1C(=O)O.[N-]=[N+]=[N-]. The number of hydrogen-bond donors (Lipinski definition) is 2. The van der Waals surface area contributed by atoms with E-state index in [0.717, 1.165) is 0 Å². The van der Waals surface area contributed by atoms with E-state index in [1.165, 1.54) is 29.2 Å². The fourth-order valence-corrected chi connectivity index (χ4v) is 0.856. The Balaban J connectivity index is 0.000000583. The Morgan fingerprint density at radius 2 is 1.27 bits per heavy atom. The molecule has 0 saturated carbocycles. The summed E-state index contributed by atoms with van der Waals surface area (Å²) in [6.07, 6.45) is 0. The van der Waals surface area contributed by atoms with Gasteiger partial charge >= 0.3 is 11.9 Å². The van der Waals surface area contributed by atoms with Gasteiger partial charge in [0.05, 0.1) is 11.1 Å². The fourth-order valence-electron chi connectivity index (χ4n) is 0.856. The van der Waals surface area contributed by atoms with Crippen LogP contribution in [0.15, 0.2) is 24.3 Å². The van der Waals surface area contributed by atoms with Crippen molar-refractivity contribution in [3.05, 3.63) is 51.4 Å². The van der Waals surface area contributed by atoms with Crippen LogP contribution in [-0.4, -0.2) is 22.2 Å². The monoisotopic (exact) mass is 208 g/mol. The van der Waals surface area contributed by atoms with E-state index in [4.69, 9.17) is 21.3 Å². The molecule has 78 valence electrons. The van der Waals surface area contributed by atoms with Gasteiger partial charge in [-0.25, -0.2) is 9.59 Å². The van der Waals surface area contributed by atoms with Crippen LogP contribution in [0.1, 0.15) is 20.7 Å². The lowest BCUT2D eigenvalue weighted by Crippen LogP contribution is -2.06. The first-order chi connectivity index (χ1) is 7.04. The minimum Gasteiger partial charge on any atom is -0.478 e. The van der Waals surface area contributed by atoms with Gasteiger partial charge in [0.25, 0.3) is 0 Å². The van der Waals surface area contributed by atoms with Crippen molar-refractivity contribution < 1.29 is 19.8 Å². The first kappa shape index (κ1) is 12.5. The van der Waals surface area contributed by atoms with Crippen LogP contribution in [0.2, 0.25) is 0 Å². The Morgan fingerprint density at radius 3 is 1.47 bits per heavy atom. The molecule has 0 aliphatic heterocycles. The number of hydrogen-bond acceptors (Lipinski definition) is 2. The van der Waals surface area contributed by atoms with Crippen molar-refractivity contribution in [3.63, 3.8) is 0 Å². The summed E-state index contributed by atoms with van der Waals surface area (Å²) >= 11 is 0. The van der Waals surface area contributed by atoms with Gasteiger partial charge < -0.3 is 21.3 Å².